The van der Waals surface area contributed by atoms with Gasteiger partial charge in [-0.15, -0.1) is 0 Å². The summed E-state index contributed by atoms with van der Waals surface area (Å²) < 4.78 is 41.9. The fourth-order valence-electron chi connectivity index (χ4n) is 2.77. The van der Waals surface area contributed by atoms with Crippen LogP contribution in [0.4, 0.5) is 13.2 Å². The van der Waals surface area contributed by atoms with Crippen molar-refractivity contribution in [1.29, 1.82) is 0 Å². The Balaban J connectivity index is 1.91. The van der Waals surface area contributed by atoms with Gasteiger partial charge in [0, 0.05) is 19.0 Å². The first-order valence-corrected chi connectivity index (χ1v) is 8.17. The Morgan fingerprint density at radius 2 is 1.88 bits per heavy atom. The van der Waals surface area contributed by atoms with E-state index in [1.54, 1.807) is 29.2 Å². The predicted molar refractivity (Wildman–Crippen MR) is 85.3 cm³/mol. The average molecular weight is 358 g/mol. The molecule has 0 atom stereocenters. The molecule has 1 heterocycles. The highest BCUT2D eigenvalue weighted by Gasteiger charge is 2.32. The van der Waals surface area contributed by atoms with Crippen molar-refractivity contribution in [3.05, 3.63) is 29.8 Å². The Bertz CT molecular complexity index is 611. The van der Waals surface area contributed by atoms with Gasteiger partial charge in [0.25, 0.3) is 5.91 Å². The molecule has 2 amide bonds. The fraction of sp³-hybridized carbons (Fsp3) is 0.529. The number of carbonyl (C=O) groups is 2. The van der Waals surface area contributed by atoms with Crippen LogP contribution in [0.25, 0.3) is 0 Å². The van der Waals surface area contributed by atoms with Crippen LogP contribution in [0.5, 0.6) is 5.75 Å². The van der Waals surface area contributed by atoms with Gasteiger partial charge in [0.05, 0.1) is 12.2 Å². The maximum atomic E-state index is 12.6. The molecular formula is C17H21F3N2O3. The maximum Gasteiger partial charge on any atom is 0.405 e. The van der Waals surface area contributed by atoms with Gasteiger partial charge in [0.1, 0.15) is 12.3 Å². The van der Waals surface area contributed by atoms with Crippen LogP contribution in [-0.4, -0.2) is 49.1 Å². The minimum absolute atomic E-state index is 0.196. The SMILES string of the molecule is CCOc1ccccc1C(=O)N1CCC(C(=O)NCC(F)(F)F)CC1. The molecule has 1 aromatic carbocycles. The lowest BCUT2D eigenvalue weighted by Gasteiger charge is -2.31. The molecule has 0 spiro atoms. The molecule has 138 valence electrons. The molecular weight excluding hydrogens is 337 g/mol. The molecule has 0 unspecified atom stereocenters. The number of amides is 2. The highest BCUT2D eigenvalue weighted by molar-refractivity contribution is 5.97. The van der Waals surface area contributed by atoms with Crippen molar-refractivity contribution < 1.29 is 27.5 Å². The van der Waals surface area contributed by atoms with Crippen LogP contribution >= 0.6 is 0 Å². The highest BCUT2D eigenvalue weighted by atomic mass is 19.4. The summed E-state index contributed by atoms with van der Waals surface area (Å²) in [6.45, 7) is 1.58. The number of benzene rings is 1. The number of rotatable bonds is 5. The van der Waals surface area contributed by atoms with Gasteiger partial charge in [-0.25, -0.2) is 0 Å². The van der Waals surface area contributed by atoms with E-state index in [4.69, 9.17) is 4.74 Å². The van der Waals surface area contributed by atoms with Gasteiger partial charge >= 0.3 is 6.18 Å². The number of carbonyl (C=O) groups excluding carboxylic acids is 2. The van der Waals surface area contributed by atoms with E-state index in [2.05, 4.69) is 0 Å². The monoisotopic (exact) mass is 358 g/mol. The molecule has 1 aromatic rings. The molecule has 0 saturated carbocycles. The molecule has 1 fully saturated rings. The third-order valence-corrected chi connectivity index (χ3v) is 4.03. The minimum atomic E-state index is -4.42. The van der Waals surface area contributed by atoms with Crippen LogP contribution in [0.3, 0.4) is 0 Å². The summed E-state index contributed by atoms with van der Waals surface area (Å²) in [7, 11) is 0. The van der Waals surface area contributed by atoms with E-state index in [0.717, 1.165) is 0 Å². The quantitative estimate of drug-likeness (QED) is 0.880. The summed E-state index contributed by atoms with van der Waals surface area (Å²) >= 11 is 0. The Morgan fingerprint density at radius 3 is 2.48 bits per heavy atom. The van der Waals surface area contributed by atoms with Crippen LogP contribution < -0.4 is 10.1 Å². The van der Waals surface area contributed by atoms with Gasteiger partial charge < -0.3 is 15.0 Å². The number of hydrogen-bond donors (Lipinski definition) is 1. The standard InChI is InChI=1S/C17H21F3N2O3/c1-2-25-14-6-4-3-5-13(14)16(24)22-9-7-12(8-10-22)15(23)21-11-17(18,19)20/h3-6,12H,2,7-11H2,1H3,(H,21,23). The van der Waals surface area contributed by atoms with Gasteiger partial charge in [0.2, 0.25) is 5.91 Å². The zero-order valence-corrected chi connectivity index (χ0v) is 13.9. The van der Waals surface area contributed by atoms with Crippen molar-refractivity contribution in [3.63, 3.8) is 0 Å². The number of halogens is 3. The lowest BCUT2D eigenvalue weighted by atomic mass is 9.95. The third kappa shape index (κ3) is 5.37. The van der Waals surface area contributed by atoms with E-state index in [1.807, 2.05) is 12.2 Å². The topological polar surface area (TPSA) is 58.6 Å². The number of piperidine rings is 1. The molecule has 0 radical (unpaired) electrons. The van der Waals surface area contributed by atoms with Crippen LogP contribution in [0.2, 0.25) is 0 Å². The molecule has 0 aromatic heterocycles. The summed E-state index contributed by atoms with van der Waals surface area (Å²) in [6.07, 6.45) is -3.74. The third-order valence-electron chi connectivity index (χ3n) is 4.03. The van der Waals surface area contributed by atoms with Crippen molar-refractivity contribution in [2.45, 2.75) is 25.9 Å². The number of hydrogen-bond acceptors (Lipinski definition) is 3. The lowest BCUT2D eigenvalue weighted by Crippen LogP contribution is -2.44. The Kier molecular flexibility index (Phi) is 6.27. The summed E-state index contributed by atoms with van der Waals surface area (Å²) in [5.74, 6) is -0.814. The van der Waals surface area contributed by atoms with Crippen molar-refractivity contribution in [3.8, 4) is 5.75 Å². The van der Waals surface area contributed by atoms with Gasteiger partial charge in [0.15, 0.2) is 0 Å². The first-order valence-electron chi connectivity index (χ1n) is 8.17. The first-order chi connectivity index (χ1) is 11.8. The van der Waals surface area contributed by atoms with E-state index < -0.39 is 24.5 Å². The van der Waals surface area contributed by atoms with Crippen LogP contribution in [0.15, 0.2) is 24.3 Å². The predicted octanol–water partition coefficient (Wildman–Crippen LogP) is 2.62. The van der Waals surface area contributed by atoms with Gasteiger partial charge in [-0.1, -0.05) is 12.1 Å². The van der Waals surface area contributed by atoms with E-state index in [1.165, 1.54) is 0 Å². The molecule has 1 saturated heterocycles. The number of ether oxygens (including phenoxy) is 1. The molecule has 0 bridgehead atoms. The van der Waals surface area contributed by atoms with Crippen molar-refractivity contribution in [2.24, 2.45) is 5.92 Å². The summed E-state index contributed by atoms with van der Waals surface area (Å²) in [4.78, 5) is 26.0. The Morgan fingerprint density at radius 1 is 1.24 bits per heavy atom. The summed E-state index contributed by atoms with van der Waals surface area (Å²) in [5, 5.41) is 1.91. The molecule has 1 aliphatic rings. The highest BCUT2D eigenvalue weighted by Crippen LogP contribution is 2.24. The van der Waals surface area contributed by atoms with Gasteiger partial charge in [-0.2, -0.15) is 13.2 Å². The molecule has 2 rings (SSSR count). The van der Waals surface area contributed by atoms with Crippen LogP contribution in [0, 0.1) is 5.92 Å². The zero-order chi connectivity index (χ0) is 18.4. The fourth-order valence-corrected chi connectivity index (χ4v) is 2.77. The van der Waals surface area contributed by atoms with Crippen molar-refractivity contribution in [2.75, 3.05) is 26.2 Å². The first kappa shape index (κ1) is 19.1. The van der Waals surface area contributed by atoms with E-state index in [0.29, 0.717) is 43.9 Å². The molecule has 5 nitrogen and oxygen atoms in total. The largest absolute Gasteiger partial charge is 0.493 e. The van der Waals surface area contributed by atoms with Gasteiger partial charge in [-0.3, -0.25) is 9.59 Å². The minimum Gasteiger partial charge on any atom is -0.493 e. The molecule has 0 aliphatic carbocycles. The number of likely N-dealkylation sites (tertiary alicyclic amines) is 1. The number of para-hydroxylation sites is 1. The molecule has 25 heavy (non-hydrogen) atoms. The Hall–Kier alpha value is -2.25. The number of alkyl halides is 3. The van der Waals surface area contributed by atoms with Crippen LogP contribution in [0.1, 0.15) is 30.1 Å². The van der Waals surface area contributed by atoms with E-state index in [-0.39, 0.29) is 5.91 Å². The Labute approximate surface area is 144 Å². The molecule has 1 aliphatic heterocycles. The normalized spacial score (nSPS) is 15.8. The second-order valence-electron chi connectivity index (χ2n) is 5.83. The van der Waals surface area contributed by atoms with Crippen molar-refractivity contribution in [1.82, 2.24) is 10.2 Å². The summed E-state index contributed by atoms with van der Waals surface area (Å²) in [6, 6.07) is 6.91. The van der Waals surface area contributed by atoms with Crippen LogP contribution in [-0.2, 0) is 4.79 Å². The molecule has 1 N–H and O–H groups in total. The van der Waals surface area contributed by atoms with Crippen molar-refractivity contribution >= 4 is 11.8 Å². The number of nitrogens with one attached hydrogen (secondary N) is 1. The van der Waals surface area contributed by atoms with E-state index in [9.17, 15) is 22.8 Å². The second-order valence-corrected chi connectivity index (χ2v) is 5.83. The maximum absolute atomic E-state index is 12.6. The van der Waals surface area contributed by atoms with Gasteiger partial charge in [-0.05, 0) is 31.9 Å². The average Bonchev–Trinajstić information content (AvgIpc) is 2.59. The smallest absolute Gasteiger partial charge is 0.405 e. The molecule has 8 heteroatoms. The summed E-state index contributed by atoms with van der Waals surface area (Å²) in [5.41, 5.74) is 0.448. The lowest BCUT2D eigenvalue weighted by molar-refractivity contribution is -0.141. The number of nitrogens with zero attached hydrogens (tertiary/aromatic N) is 1. The second kappa shape index (κ2) is 8.22. The van der Waals surface area contributed by atoms with E-state index >= 15 is 0 Å². The zero-order valence-electron chi connectivity index (χ0n) is 13.9.